The number of hydrogen-bond donors (Lipinski definition) is 1. The number of alkyl halides is 1. The molecule has 5 heteroatoms. The van der Waals surface area contributed by atoms with Crippen molar-refractivity contribution in [2.24, 2.45) is 0 Å². The minimum absolute atomic E-state index is 0.0824. The van der Waals surface area contributed by atoms with E-state index in [2.05, 4.69) is 27.3 Å². The van der Waals surface area contributed by atoms with Crippen LogP contribution in [0, 0.1) is 0 Å². The van der Waals surface area contributed by atoms with Crippen LogP contribution in [-0.2, 0) is 6.42 Å². The van der Waals surface area contributed by atoms with Crippen LogP contribution in [-0.4, -0.2) is 10.7 Å². The fraction of sp³-hybridized carbons (Fsp3) is 0.188. The number of amides is 1. The topological polar surface area (TPSA) is 29.1 Å². The number of halogens is 3. The van der Waals surface area contributed by atoms with Crippen molar-refractivity contribution in [2.45, 2.75) is 17.3 Å². The van der Waals surface area contributed by atoms with E-state index in [0.29, 0.717) is 15.6 Å². The Labute approximate surface area is 141 Å². The average Bonchev–Trinajstić information content (AvgIpc) is 2.75. The van der Waals surface area contributed by atoms with Crippen molar-refractivity contribution in [3.05, 3.63) is 69.2 Å². The van der Waals surface area contributed by atoms with Gasteiger partial charge in [-0.3, -0.25) is 4.79 Å². The Morgan fingerprint density at radius 3 is 2.48 bits per heavy atom. The molecule has 1 aliphatic rings. The lowest BCUT2D eigenvalue weighted by atomic mass is 10.1. The Morgan fingerprint density at radius 2 is 1.76 bits per heavy atom. The fourth-order valence-electron chi connectivity index (χ4n) is 2.64. The van der Waals surface area contributed by atoms with Gasteiger partial charge in [0.25, 0.3) is 5.91 Å². The van der Waals surface area contributed by atoms with Gasteiger partial charge in [-0.25, -0.2) is 0 Å². The van der Waals surface area contributed by atoms with Gasteiger partial charge in [0.1, 0.15) is 0 Å². The van der Waals surface area contributed by atoms with Gasteiger partial charge in [0.15, 0.2) is 0 Å². The standard InChI is InChI=1S/C16H12BrCl2NO/c17-11-8-9-4-1-2-5-10(9)15(11)20-16(21)14-12(18)6-3-7-13(14)19/h1-7,11,15H,8H2,(H,20,21). The third kappa shape index (κ3) is 2.83. The molecule has 0 fully saturated rings. The summed E-state index contributed by atoms with van der Waals surface area (Å²) in [5.74, 6) is -0.253. The predicted octanol–water partition coefficient (Wildman–Crippen LogP) is 4.78. The monoisotopic (exact) mass is 383 g/mol. The molecule has 0 saturated heterocycles. The lowest BCUT2D eigenvalue weighted by molar-refractivity contribution is 0.0938. The number of carbonyl (C=O) groups is 1. The Bertz CT molecular complexity index is 684. The van der Waals surface area contributed by atoms with Gasteiger partial charge in [0.05, 0.1) is 21.7 Å². The predicted molar refractivity (Wildman–Crippen MR) is 89.5 cm³/mol. The molecule has 0 heterocycles. The summed E-state index contributed by atoms with van der Waals surface area (Å²) in [4.78, 5) is 12.7. The smallest absolute Gasteiger partial charge is 0.254 e. The van der Waals surface area contributed by atoms with Gasteiger partial charge in [0, 0.05) is 4.83 Å². The van der Waals surface area contributed by atoms with Crippen molar-refractivity contribution < 1.29 is 4.79 Å². The largest absolute Gasteiger partial charge is 0.344 e. The van der Waals surface area contributed by atoms with Gasteiger partial charge in [-0.2, -0.15) is 0 Å². The summed E-state index contributed by atoms with van der Waals surface area (Å²) in [7, 11) is 0. The van der Waals surface area contributed by atoms with E-state index in [4.69, 9.17) is 23.2 Å². The van der Waals surface area contributed by atoms with Gasteiger partial charge < -0.3 is 5.32 Å². The molecule has 2 aromatic rings. The molecular weight excluding hydrogens is 373 g/mol. The molecule has 0 spiro atoms. The van der Waals surface area contributed by atoms with E-state index in [9.17, 15) is 4.79 Å². The third-order valence-corrected chi connectivity index (χ3v) is 5.13. The summed E-state index contributed by atoms with van der Waals surface area (Å²) in [6, 6.07) is 13.1. The molecule has 21 heavy (non-hydrogen) atoms. The lowest BCUT2D eigenvalue weighted by Gasteiger charge is -2.18. The highest BCUT2D eigenvalue weighted by Gasteiger charge is 2.32. The van der Waals surface area contributed by atoms with Crippen LogP contribution in [0.1, 0.15) is 27.5 Å². The van der Waals surface area contributed by atoms with Crippen LogP contribution >= 0.6 is 39.1 Å². The zero-order valence-corrected chi connectivity index (χ0v) is 14.0. The van der Waals surface area contributed by atoms with Gasteiger partial charge in [-0.15, -0.1) is 0 Å². The Hall–Kier alpha value is -1.03. The van der Waals surface area contributed by atoms with Crippen LogP contribution in [0.5, 0.6) is 0 Å². The average molecular weight is 385 g/mol. The maximum absolute atomic E-state index is 12.5. The maximum atomic E-state index is 12.5. The van der Waals surface area contributed by atoms with Gasteiger partial charge in [-0.1, -0.05) is 69.5 Å². The summed E-state index contributed by atoms with van der Waals surface area (Å²) in [6.45, 7) is 0. The highest BCUT2D eigenvalue weighted by atomic mass is 79.9. The first-order valence-electron chi connectivity index (χ1n) is 6.54. The van der Waals surface area contributed by atoms with Crippen LogP contribution < -0.4 is 5.32 Å². The first-order chi connectivity index (χ1) is 10.1. The Morgan fingerprint density at radius 1 is 1.10 bits per heavy atom. The Balaban J connectivity index is 1.89. The summed E-state index contributed by atoms with van der Waals surface area (Å²) >= 11 is 15.8. The molecule has 0 aromatic heterocycles. The van der Waals surface area contributed by atoms with Crippen molar-refractivity contribution in [1.82, 2.24) is 5.32 Å². The normalized spacial score (nSPS) is 20.1. The molecule has 0 aliphatic heterocycles. The highest BCUT2D eigenvalue weighted by molar-refractivity contribution is 9.09. The molecule has 2 atom stereocenters. The Kier molecular flexibility index (Phi) is 4.25. The van der Waals surface area contributed by atoms with E-state index in [0.717, 1.165) is 12.0 Å². The van der Waals surface area contributed by atoms with E-state index in [1.54, 1.807) is 18.2 Å². The van der Waals surface area contributed by atoms with Crippen molar-refractivity contribution in [3.8, 4) is 0 Å². The summed E-state index contributed by atoms with van der Waals surface area (Å²) in [6.07, 6.45) is 0.886. The van der Waals surface area contributed by atoms with Crippen LogP contribution in [0.25, 0.3) is 0 Å². The van der Waals surface area contributed by atoms with E-state index in [1.807, 2.05) is 18.2 Å². The molecule has 1 N–H and O–H groups in total. The van der Waals surface area contributed by atoms with Crippen LogP contribution in [0.4, 0.5) is 0 Å². The molecule has 0 radical (unpaired) electrons. The van der Waals surface area contributed by atoms with Crippen LogP contribution in [0.2, 0.25) is 10.0 Å². The number of fused-ring (bicyclic) bond motifs is 1. The van der Waals surface area contributed by atoms with Crippen LogP contribution in [0.15, 0.2) is 42.5 Å². The second-order valence-corrected chi connectivity index (χ2v) is 6.96. The number of benzene rings is 2. The summed E-state index contributed by atoms with van der Waals surface area (Å²) < 4.78 is 0. The van der Waals surface area contributed by atoms with Gasteiger partial charge in [-0.05, 0) is 29.7 Å². The van der Waals surface area contributed by atoms with E-state index in [-0.39, 0.29) is 16.8 Å². The minimum Gasteiger partial charge on any atom is -0.344 e. The second-order valence-electron chi connectivity index (χ2n) is 4.97. The molecule has 1 amide bonds. The molecule has 0 saturated carbocycles. The minimum atomic E-state index is -0.253. The van der Waals surface area contributed by atoms with Crippen molar-refractivity contribution in [3.63, 3.8) is 0 Å². The zero-order chi connectivity index (χ0) is 15.0. The molecule has 108 valence electrons. The second kappa shape index (κ2) is 5.99. The molecule has 2 nitrogen and oxygen atoms in total. The zero-order valence-electron chi connectivity index (χ0n) is 10.9. The van der Waals surface area contributed by atoms with E-state index < -0.39 is 0 Å². The molecule has 1 aliphatic carbocycles. The van der Waals surface area contributed by atoms with Crippen molar-refractivity contribution in [1.29, 1.82) is 0 Å². The number of rotatable bonds is 2. The lowest BCUT2D eigenvalue weighted by Crippen LogP contribution is -2.32. The molecule has 0 bridgehead atoms. The van der Waals surface area contributed by atoms with Crippen molar-refractivity contribution >= 4 is 45.0 Å². The van der Waals surface area contributed by atoms with E-state index in [1.165, 1.54) is 5.56 Å². The molecule has 3 rings (SSSR count). The summed E-state index contributed by atoms with van der Waals surface area (Å²) in [5.41, 5.74) is 2.70. The molecular formula is C16H12BrCl2NO. The number of nitrogens with one attached hydrogen (secondary N) is 1. The maximum Gasteiger partial charge on any atom is 0.254 e. The van der Waals surface area contributed by atoms with Crippen molar-refractivity contribution in [2.75, 3.05) is 0 Å². The summed E-state index contributed by atoms with van der Waals surface area (Å²) in [5, 5.41) is 3.75. The number of carbonyl (C=O) groups excluding carboxylic acids is 1. The molecule has 2 unspecified atom stereocenters. The fourth-order valence-corrected chi connectivity index (χ4v) is 3.98. The third-order valence-electron chi connectivity index (χ3n) is 3.64. The van der Waals surface area contributed by atoms with Gasteiger partial charge >= 0.3 is 0 Å². The first kappa shape index (κ1) is 14.9. The highest BCUT2D eigenvalue weighted by Crippen LogP contribution is 2.36. The SMILES string of the molecule is O=C(NC1c2ccccc2CC1Br)c1c(Cl)cccc1Cl. The molecule has 2 aromatic carbocycles. The van der Waals surface area contributed by atoms with E-state index >= 15 is 0 Å². The van der Waals surface area contributed by atoms with Crippen LogP contribution in [0.3, 0.4) is 0 Å². The van der Waals surface area contributed by atoms with Gasteiger partial charge in [0.2, 0.25) is 0 Å². The first-order valence-corrected chi connectivity index (χ1v) is 8.22. The quantitative estimate of drug-likeness (QED) is 0.741. The number of hydrogen-bond acceptors (Lipinski definition) is 1.